The van der Waals surface area contributed by atoms with Crippen molar-refractivity contribution < 1.29 is 23.6 Å². The van der Waals surface area contributed by atoms with Crippen molar-refractivity contribution in [1.82, 2.24) is 10.1 Å². The van der Waals surface area contributed by atoms with Crippen LogP contribution >= 0.6 is 11.3 Å². The van der Waals surface area contributed by atoms with Crippen LogP contribution in [0.25, 0.3) is 11.4 Å². The van der Waals surface area contributed by atoms with E-state index in [1.165, 1.54) is 25.4 Å². The predicted molar refractivity (Wildman–Crippen MR) is 103 cm³/mol. The zero-order chi connectivity index (χ0) is 19.9. The Morgan fingerprint density at radius 3 is 2.86 bits per heavy atom. The van der Waals surface area contributed by atoms with Crippen molar-refractivity contribution in [1.29, 1.82) is 0 Å². The van der Waals surface area contributed by atoms with E-state index in [1.807, 2.05) is 16.8 Å². The Bertz CT molecular complexity index is 939. The number of carbonyl (C=O) groups is 2. The highest BCUT2D eigenvalue weighted by Gasteiger charge is 2.20. The normalized spacial score (nSPS) is 11.6. The van der Waals surface area contributed by atoms with Gasteiger partial charge in [-0.2, -0.15) is 16.3 Å². The Labute approximate surface area is 165 Å². The molecule has 1 amide bonds. The number of aromatic nitrogens is 2. The van der Waals surface area contributed by atoms with Gasteiger partial charge in [0.05, 0.1) is 19.2 Å². The highest BCUT2D eigenvalue weighted by Crippen LogP contribution is 2.23. The van der Waals surface area contributed by atoms with Gasteiger partial charge in [0.25, 0.3) is 5.91 Å². The molecule has 0 saturated carbocycles. The lowest BCUT2D eigenvalue weighted by atomic mass is 10.2. The number of nitrogens with zero attached hydrogens (tertiary/aromatic N) is 2. The first-order valence-corrected chi connectivity index (χ1v) is 9.49. The number of thiophene rings is 1. The highest BCUT2D eigenvalue weighted by molar-refractivity contribution is 7.08. The van der Waals surface area contributed by atoms with Crippen LogP contribution in [0.3, 0.4) is 0 Å². The number of aryl methyl sites for hydroxylation is 1. The number of benzene rings is 1. The van der Waals surface area contributed by atoms with E-state index in [1.54, 1.807) is 24.3 Å². The molecule has 1 aromatic carbocycles. The molecule has 8 nitrogen and oxygen atoms in total. The molecule has 1 N–H and O–H groups in total. The number of rotatable bonds is 8. The summed E-state index contributed by atoms with van der Waals surface area (Å²) in [6, 6.07) is 8.87. The maximum Gasteiger partial charge on any atom is 0.307 e. The van der Waals surface area contributed by atoms with Crippen molar-refractivity contribution in [2.24, 2.45) is 0 Å². The minimum Gasteiger partial charge on any atom is -0.495 e. The molecule has 0 aliphatic heterocycles. The molecule has 1 atom stereocenters. The van der Waals surface area contributed by atoms with E-state index in [2.05, 4.69) is 15.5 Å². The minimum absolute atomic E-state index is 0.0253. The van der Waals surface area contributed by atoms with Gasteiger partial charge in [-0.3, -0.25) is 9.59 Å². The molecule has 2 heterocycles. The van der Waals surface area contributed by atoms with Gasteiger partial charge in [0, 0.05) is 17.4 Å². The first-order chi connectivity index (χ1) is 13.6. The second kappa shape index (κ2) is 9.14. The van der Waals surface area contributed by atoms with Gasteiger partial charge in [-0.25, -0.2) is 0 Å². The third-order valence-corrected chi connectivity index (χ3v) is 4.52. The number of hydrogen-bond acceptors (Lipinski definition) is 8. The second-order valence-corrected chi connectivity index (χ2v) is 6.63. The molecule has 146 valence electrons. The van der Waals surface area contributed by atoms with Crippen LogP contribution in [-0.2, 0) is 20.7 Å². The predicted octanol–water partition coefficient (Wildman–Crippen LogP) is 3.31. The number of esters is 1. The number of ether oxygens (including phenoxy) is 2. The molecule has 0 radical (unpaired) electrons. The molecule has 0 spiro atoms. The van der Waals surface area contributed by atoms with Gasteiger partial charge in [0.2, 0.25) is 11.7 Å². The fourth-order valence-electron chi connectivity index (χ4n) is 2.37. The molecule has 28 heavy (non-hydrogen) atoms. The summed E-state index contributed by atoms with van der Waals surface area (Å²) < 4.78 is 15.5. The zero-order valence-corrected chi connectivity index (χ0v) is 16.2. The van der Waals surface area contributed by atoms with Crippen LogP contribution in [0.5, 0.6) is 5.75 Å². The lowest BCUT2D eigenvalue weighted by molar-refractivity contribution is -0.153. The molecule has 0 aliphatic rings. The van der Waals surface area contributed by atoms with E-state index in [0.717, 1.165) is 5.56 Å². The molecular formula is C19H19N3O5S. The summed E-state index contributed by atoms with van der Waals surface area (Å²) in [5.74, 6) is 0.360. The molecule has 0 fully saturated rings. The Morgan fingerprint density at radius 1 is 1.29 bits per heavy atom. The summed E-state index contributed by atoms with van der Waals surface area (Å²) in [6.07, 6.45) is -0.699. The average Bonchev–Trinajstić information content (AvgIpc) is 3.38. The lowest BCUT2D eigenvalue weighted by Crippen LogP contribution is -2.30. The van der Waals surface area contributed by atoms with Crippen molar-refractivity contribution in [3.8, 4) is 17.1 Å². The van der Waals surface area contributed by atoms with Gasteiger partial charge in [-0.1, -0.05) is 17.3 Å². The Hall–Kier alpha value is -3.20. The fourth-order valence-corrected chi connectivity index (χ4v) is 3.00. The van der Waals surface area contributed by atoms with Crippen molar-refractivity contribution in [2.45, 2.75) is 25.9 Å². The van der Waals surface area contributed by atoms with Gasteiger partial charge in [-0.05, 0) is 30.5 Å². The van der Waals surface area contributed by atoms with E-state index < -0.39 is 18.0 Å². The number of hydrogen-bond donors (Lipinski definition) is 1. The second-order valence-electron chi connectivity index (χ2n) is 5.85. The molecule has 3 rings (SSSR count). The first-order valence-electron chi connectivity index (χ1n) is 8.55. The third-order valence-electron chi connectivity index (χ3n) is 3.83. The molecule has 0 unspecified atom stereocenters. The van der Waals surface area contributed by atoms with Crippen LogP contribution in [0.15, 0.2) is 45.6 Å². The van der Waals surface area contributed by atoms with Crippen molar-refractivity contribution in [3.05, 3.63) is 47.0 Å². The van der Waals surface area contributed by atoms with E-state index in [9.17, 15) is 9.59 Å². The maximum absolute atomic E-state index is 12.2. The quantitative estimate of drug-likeness (QED) is 0.578. The highest BCUT2D eigenvalue weighted by atomic mass is 32.1. The minimum atomic E-state index is -0.957. The number of amides is 1. The number of anilines is 1. The van der Waals surface area contributed by atoms with Crippen molar-refractivity contribution >= 4 is 28.9 Å². The van der Waals surface area contributed by atoms with Crippen molar-refractivity contribution in [3.63, 3.8) is 0 Å². The molecule has 2 aromatic heterocycles. The van der Waals surface area contributed by atoms with Crippen molar-refractivity contribution in [2.75, 3.05) is 12.4 Å². The fraction of sp³-hybridized carbons (Fsp3) is 0.263. The summed E-state index contributed by atoms with van der Waals surface area (Å²) in [5.41, 5.74) is 1.37. The monoisotopic (exact) mass is 401 g/mol. The van der Waals surface area contributed by atoms with Crippen LogP contribution < -0.4 is 10.1 Å². The van der Waals surface area contributed by atoms with Crippen LogP contribution in [0.1, 0.15) is 19.2 Å². The standard InChI is InChI=1S/C19H19N3O5S/c1-12(19(24)20-14-5-3-4-6-15(14)25-2)26-17(23)8-7-16-21-18(22-27-16)13-9-10-28-11-13/h3-6,9-12H,7-8H2,1-2H3,(H,20,24)/t12-/m0/s1. The van der Waals surface area contributed by atoms with Crippen LogP contribution in [0.4, 0.5) is 5.69 Å². The molecule has 3 aromatic rings. The zero-order valence-electron chi connectivity index (χ0n) is 15.4. The third kappa shape index (κ3) is 4.95. The van der Waals surface area contributed by atoms with E-state index in [-0.39, 0.29) is 12.8 Å². The largest absolute Gasteiger partial charge is 0.495 e. The van der Waals surface area contributed by atoms with Gasteiger partial charge in [-0.15, -0.1) is 0 Å². The average molecular weight is 401 g/mol. The molecule has 0 bridgehead atoms. The summed E-state index contributed by atoms with van der Waals surface area (Å²) in [4.78, 5) is 28.5. The summed E-state index contributed by atoms with van der Waals surface area (Å²) in [5, 5.41) is 10.4. The maximum atomic E-state index is 12.2. The molecular weight excluding hydrogens is 382 g/mol. The molecule has 0 saturated heterocycles. The van der Waals surface area contributed by atoms with Crippen LogP contribution in [0, 0.1) is 0 Å². The Balaban J connectivity index is 1.48. The first kappa shape index (κ1) is 19.6. The van der Waals surface area contributed by atoms with Gasteiger partial charge < -0.3 is 19.3 Å². The SMILES string of the molecule is COc1ccccc1NC(=O)[C@H](C)OC(=O)CCc1nc(-c2ccsc2)no1. The smallest absolute Gasteiger partial charge is 0.307 e. The van der Waals surface area contributed by atoms with E-state index >= 15 is 0 Å². The number of carbonyl (C=O) groups excluding carboxylic acids is 2. The summed E-state index contributed by atoms with van der Waals surface area (Å²) >= 11 is 1.53. The number of nitrogens with one attached hydrogen (secondary N) is 1. The van der Waals surface area contributed by atoms with Gasteiger partial charge in [0.15, 0.2) is 6.10 Å². The number of methoxy groups -OCH3 is 1. The van der Waals surface area contributed by atoms with Gasteiger partial charge in [0.1, 0.15) is 5.75 Å². The molecule has 9 heteroatoms. The number of para-hydroxylation sites is 2. The van der Waals surface area contributed by atoms with E-state index in [4.69, 9.17) is 14.0 Å². The Morgan fingerprint density at radius 2 is 2.11 bits per heavy atom. The van der Waals surface area contributed by atoms with E-state index in [0.29, 0.717) is 23.2 Å². The van der Waals surface area contributed by atoms with Crippen LogP contribution in [-0.4, -0.2) is 35.2 Å². The Kier molecular flexibility index (Phi) is 6.38. The van der Waals surface area contributed by atoms with Gasteiger partial charge >= 0.3 is 5.97 Å². The summed E-state index contributed by atoms with van der Waals surface area (Å²) in [7, 11) is 1.51. The lowest BCUT2D eigenvalue weighted by Gasteiger charge is -2.14. The summed E-state index contributed by atoms with van der Waals surface area (Å²) in [6.45, 7) is 1.50. The van der Waals surface area contributed by atoms with Crippen LogP contribution in [0.2, 0.25) is 0 Å². The topological polar surface area (TPSA) is 104 Å². The molecule has 0 aliphatic carbocycles.